The van der Waals surface area contributed by atoms with Crippen molar-refractivity contribution in [2.75, 3.05) is 0 Å². The molecular formula is C8H10F6O2. The highest BCUT2D eigenvalue weighted by atomic mass is 19.4. The first-order valence-electron chi connectivity index (χ1n) is 4.14. The minimum absolute atomic E-state index is 0.471. The largest absolute Gasteiger partial charge is 0.481 e. The summed E-state index contributed by atoms with van der Waals surface area (Å²) in [6, 6.07) is 0. The Morgan fingerprint density at radius 2 is 1.56 bits per heavy atom. The molecule has 0 radical (unpaired) electrons. The molecule has 1 N–H and O–H groups in total. The van der Waals surface area contributed by atoms with Gasteiger partial charge in [-0.05, 0) is 13.8 Å². The minimum atomic E-state index is -5.11. The van der Waals surface area contributed by atoms with E-state index in [2.05, 4.69) is 0 Å². The van der Waals surface area contributed by atoms with Crippen molar-refractivity contribution in [1.82, 2.24) is 0 Å². The number of hydrogen-bond donors (Lipinski definition) is 1. The van der Waals surface area contributed by atoms with E-state index in [1.54, 1.807) is 0 Å². The van der Waals surface area contributed by atoms with E-state index in [-0.39, 0.29) is 0 Å². The lowest BCUT2D eigenvalue weighted by Crippen LogP contribution is -2.50. The predicted molar refractivity (Wildman–Crippen MR) is 41.9 cm³/mol. The molecule has 0 aromatic carbocycles. The standard InChI is InChI=1S/C8H10F6O2/c1-6(2,5(15)16)8(13,14)4(9)3-7(10,11)12/h4H,3H2,1-2H3,(H,15,16). The van der Waals surface area contributed by atoms with Crippen LogP contribution >= 0.6 is 0 Å². The first-order chi connectivity index (χ1) is 6.82. The van der Waals surface area contributed by atoms with Crippen molar-refractivity contribution in [3.63, 3.8) is 0 Å². The fraction of sp³-hybridized carbons (Fsp3) is 0.875. The maximum absolute atomic E-state index is 13.1. The molecule has 0 saturated heterocycles. The minimum Gasteiger partial charge on any atom is -0.481 e. The molecule has 0 spiro atoms. The van der Waals surface area contributed by atoms with E-state index in [4.69, 9.17) is 5.11 Å². The number of hydrogen-bond acceptors (Lipinski definition) is 1. The first kappa shape index (κ1) is 15.0. The summed E-state index contributed by atoms with van der Waals surface area (Å²) >= 11 is 0. The van der Waals surface area contributed by atoms with Crippen molar-refractivity contribution in [3.05, 3.63) is 0 Å². The van der Waals surface area contributed by atoms with Crippen LogP contribution in [0.3, 0.4) is 0 Å². The number of carbonyl (C=O) groups is 1. The average Bonchev–Trinajstić information content (AvgIpc) is 1.99. The molecule has 0 bridgehead atoms. The maximum Gasteiger partial charge on any atom is 0.392 e. The molecule has 0 fully saturated rings. The lowest BCUT2D eigenvalue weighted by molar-refractivity contribution is -0.215. The van der Waals surface area contributed by atoms with Crippen LogP contribution in [0.4, 0.5) is 26.3 Å². The molecule has 16 heavy (non-hydrogen) atoms. The summed E-state index contributed by atoms with van der Waals surface area (Å²) in [5, 5.41) is 8.40. The number of carboxylic acids is 1. The molecule has 0 amide bonds. The monoisotopic (exact) mass is 252 g/mol. The molecule has 0 saturated carbocycles. The van der Waals surface area contributed by atoms with Crippen LogP contribution in [0.5, 0.6) is 0 Å². The van der Waals surface area contributed by atoms with Crippen molar-refractivity contribution in [1.29, 1.82) is 0 Å². The van der Waals surface area contributed by atoms with Crippen LogP contribution in [-0.4, -0.2) is 29.3 Å². The van der Waals surface area contributed by atoms with Gasteiger partial charge in [-0.2, -0.15) is 13.2 Å². The van der Waals surface area contributed by atoms with Crippen molar-refractivity contribution < 1.29 is 36.2 Å². The zero-order valence-electron chi connectivity index (χ0n) is 8.41. The molecule has 0 heterocycles. The van der Waals surface area contributed by atoms with E-state index in [0.717, 1.165) is 0 Å². The molecule has 0 aliphatic carbocycles. The highest BCUT2D eigenvalue weighted by Crippen LogP contribution is 2.43. The molecule has 0 aliphatic heterocycles. The lowest BCUT2D eigenvalue weighted by atomic mass is 9.82. The van der Waals surface area contributed by atoms with Gasteiger partial charge in [-0.1, -0.05) is 0 Å². The van der Waals surface area contributed by atoms with Crippen molar-refractivity contribution in [3.8, 4) is 0 Å². The van der Waals surface area contributed by atoms with Gasteiger partial charge in [-0.3, -0.25) is 4.79 Å². The summed E-state index contributed by atoms with van der Waals surface area (Å²) in [6.45, 7) is 0.941. The van der Waals surface area contributed by atoms with Crippen LogP contribution in [0.15, 0.2) is 0 Å². The number of carboxylic acid groups (broad SMARTS) is 1. The van der Waals surface area contributed by atoms with Gasteiger partial charge in [0.2, 0.25) is 0 Å². The van der Waals surface area contributed by atoms with E-state index in [1.807, 2.05) is 0 Å². The highest BCUT2D eigenvalue weighted by Gasteiger charge is 2.60. The molecule has 2 nitrogen and oxygen atoms in total. The number of alkyl halides is 6. The van der Waals surface area contributed by atoms with Crippen LogP contribution in [-0.2, 0) is 4.79 Å². The summed E-state index contributed by atoms with van der Waals surface area (Å²) in [5.41, 5.74) is -2.91. The Balaban J connectivity index is 4.99. The van der Waals surface area contributed by atoms with Crippen LogP contribution in [0.1, 0.15) is 20.3 Å². The van der Waals surface area contributed by atoms with Gasteiger partial charge in [0, 0.05) is 0 Å². The van der Waals surface area contributed by atoms with E-state index < -0.39 is 36.1 Å². The maximum atomic E-state index is 13.1. The Kier molecular flexibility index (Phi) is 3.89. The quantitative estimate of drug-likeness (QED) is 0.781. The van der Waals surface area contributed by atoms with Gasteiger partial charge in [0.25, 0.3) is 5.92 Å². The zero-order valence-corrected chi connectivity index (χ0v) is 8.41. The number of aliphatic carboxylic acids is 1. The first-order valence-corrected chi connectivity index (χ1v) is 4.14. The second kappa shape index (κ2) is 4.14. The Morgan fingerprint density at radius 3 is 1.81 bits per heavy atom. The zero-order chi connectivity index (χ0) is 13.4. The lowest BCUT2D eigenvalue weighted by Gasteiger charge is -2.32. The molecule has 0 rings (SSSR count). The average molecular weight is 252 g/mol. The SMILES string of the molecule is CC(C)(C(=O)O)C(F)(F)C(F)CC(F)(F)F. The van der Waals surface area contributed by atoms with Crippen molar-refractivity contribution in [2.45, 2.75) is 38.5 Å². The summed E-state index contributed by atoms with van der Waals surface area (Å²) in [7, 11) is 0. The molecular weight excluding hydrogens is 242 g/mol. The fourth-order valence-electron chi connectivity index (χ4n) is 0.866. The van der Waals surface area contributed by atoms with Gasteiger partial charge < -0.3 is 5.11 Å². The Morgan fingerprint density at radius 1 is 1.19 bits per heavy atom. The summed E-state index contributed by atoms with van der Waals surface area (Å²) in [6.07, 6.45) is -11.1. The van der Waals surface area contributed by atoms with Crippen LogP contribution in [0.25, 0.3) is 0 Å². The summed E-state index contributed by atoms with van der Waals surface area (Å²) in [4.78, 5) is 10.4. The third-order valence-corrected chi connectivity index (χ3v) is 2.17. The summed E-state index contributed by atoms with van der Waals surface area (Å²) < 4.78 is 74.2. The molecule has 8 heteroatoms. The summed E-state index contributed by atoms with van der Waals surface area (Å²) in [5.74, 6) is -6.67. The molecule has 96 valence electrons. The van der Waals surface area contributed by atoms with Crippen LogP contribution < -0.4 is 0 Å². The van der Waals surface area contributed by atoms with Gasteiger partial charge in [0.15, 0.2) is 6.17 Å². The topological polar surface area (TPSA) is 37.3 Å². The third kappa shape index (κ3) is 3.02. The Labute approximate surface area is 87.2 Å². The van der Waals surface area contributed by atoms with E-state index >= 15 is 0 Å². The van der Waals surface area contributed by atoms with Crippen molar-refractivity contribution in [2.24, 2.45) is 5.41 Å². The molecule has 1 unspecified atom stereocenters. The number of rotatable bonds is 4. The normalized spacial score (nSPS) is 16.0. The number of halogens is 6. The third-order valence-electron chi connectivity index (χ3n) is 2.17. The molecule has 0 aromatic heterocycles. The van der Waals surface area contributed by atoms with Crippen LogP contribution in [0, 0.1) is 5.41 Å². The predicted octanol–water partition coefficient (Wildman–Crippen LogP) is 3.02. The van der Waals surface area contributed by atoms with Gasteiger partial charge in [0.05, 0.1) is 6.42 Å². The Bertz CT molecular complexity index is 270. The molecule has 1 atom stereocenters. The van der Waals surface area contributed by atoms with Crippen LogP contribution in [0.2, 0.25) is 0 Å². The van der Waals surface area contributed by atoms with Gasteiger partial charge >= 0.3 is 12.1 Å². The highest BCUT2D eigenvalue weighted by molar-refractivity contribution is 5.75. The second-order valence-electron chi connectivity index (χ2n) is 3.84. The van der Waals surface area contributed by atoms with E-state index in [1.165, 1.54) is 0 Å². The molecule has 0 aliphatic rings. The van der Waals surface area contributed by atoms with Gasteiger partial charge in [-0.25, -0.2) is 13.2 Å². The Hall–Kier alpha value is -0.950. The second-order valence-corrected chi connectivity index (χ2v) is 3.84. The van der Waals surface area contributed by atoms with E-state index in [0.29, 0.717) is 13.8 Å². The molecule has 0 aromatic rings. The fourth-order valence-corrected chi connectivity index (χ4v) is 0.866. The van der Waals surface area contributed by atoms with E-state index in [9.17, 15) is 31.1 Å². The smallest absolute Gasteiger partial charge is 0.392 e. The van der Waals surface area contributed by atoms with Gasteiger partial charge in [0.1, 0.15) is 5.41 Å². The van der Waals surface area contributed by atoms with Crippen molar-refractivity contribution >= 4 is 5.97 Å². The van der Waals surface area contributed by atoms with Gasteiger partial charge in [-0.15, -0.1) is 0 Å².